The smallest absolute Gasteiger partial charge is 0.269 e. The van der Waals surface area contributed by atoms with E-state index in [1.54, 1.807) is 10.8 Å². The van der Waals surface area contributed by atoms with Crippen LogP contribution in [0, 0.1) is 0 Å². The minimum atomic E-state index is -0.216. The van der Waals surface area contributed by atoms with Gasteiger partial charge in [-0.05, 0) is 12.1 Å². The summed E-state index contributed by atoms with van der Waals surface area (Å²) < 4.78 is 3.07. The van der Waals surface area contributed by atoms with Crippen LogP contribution in [0.5, 0.6) is 0 Å². The molecule has 3 aromatic heterocycles. The lowest BCUT2D eigenvalue weighted by Crippen LogP contribution is -2.23. The molecule has 22 heavy (non-hydrogen) atoms. The van der Waals surface area contributed by atoms with Crippen LogP contribution in [0.2, 0.25) is 0 Å². The van der Waals surface area contributed by atoms with Gasteiger partial charge in [0.2, 0.25) is 0 Å². The van der Waals surface area contributed by atoms with Crippen molar-refractivity contribution >= 4 is 27.3 Å². The topological polar surface area (TPSA) is 69.3 Å². The molecule has 0 saturated heterocycles. The Balaban J connectivity index is 1.90. The van der Waals surface area contributed by atoms with Gasteiger partial charge in [0.15, 0.2) is 4.96 Å². The maximum atomic E-state index is 12.1. The van der Waals surface area contributed by atoms with Crippen LogP contribution in [-0.4, -0.2) is 18.9 Å². The molecule has 0 radical (unpaired) electrons. The van der Waals surface area contributed by atoms with Crippen molar-refractivity contribution in [2.75, 3.05) is 0 Å². The third-order valence-electron chi connectivity index (χ3n) is 3.43. The van der Waals surface area contributed by atoms with E-state index in [4.69, 9.17) is 0 Å². The van der Waals surface area contributed by atoms with Gasteiger partial charge in [0.25, 0.3) is 11.1 Å². The van der Waals surface area contributed by atoms with E-state index in [9.17, 15) is 9.59 Å². The molecule has 0 fully saturated rings. The molecule has 4 rings (SSSR count). The van der Waals surface area contributed by atoms with Gasteiger partial charge in [-0.2, -0.15) is 0 Å². The van der Waals surface area contributed by atoms with Gasteiger partial charge in [-0.1, -0.05) is 12.1 Å². The van der Waals surface area contributed by atoms with Gasteiger partial charge >= 0.3 is 0 Å². The van der Waals surface area contributed by atoms with Gasteiger partial charge in [0, 0.05) is 17.6 Å². The Kier molecular flexibility index (Phi) is 2.87. The van der Waals surface area contributed by atoms with Crippen molar-refractivity contribution in [3.63, 3.8) is 0 Å². The summed E-state index contributed by atoms with van der Waals surface area (Å²) >= 11 is 1.39. The highest BCUT2D eigenvalue weighted by molar-refractivity contribution is 7.15. The van der Waals surface area contributed by atoms with Crippen molar-refractivity contribution in [1.82, 2.24) is 18.9 Å². The van der Waals surface area contributed by atoms with Crippen LogP contribution in [0.1, 0.15) is 5.69 Å². The number of fused-ring (bicyclic) bond motifs is 2. The lowest BCUT2D eigenvalue weighted by atomic mass is 10.3. The highest BCUT2D eigenvalue weighted by Crippen LogP contribution is 2.11. The number of hydrogen-bond acceptors (Lipinski definition) is 5. The number of para-hydroxylation sites is 2. The quantitative estimate of drug-likeness (QED) is 0.563. The summed E-state index contributed by atoms with van der Waals surface area (Å²) in [4.78, 5) is 33.3. The molecule has 0 N–H and O–H groups in total. The highest BCUT2D eigenvalue weighted by Gasteiger charge is 2.08. The van der Waals surface area contributed by atoms with Gasteiger partial charge in [-0.3, -0.25) is 18.6 Å². The largest absolute Gasteiger partial charge is 0.299 e. The molecule has 1 aromatic carbocycles. The molecule has 0 amide bonds. The van der Waals surface area contributed by atoms with E-state index in [1.807, 2.05) is 29.6 Å². The molecular weight excluding hydrogens is 300 g/mol. The Morgan fingerprint density at radius 1 is 1.14 bits per heavy atom. The van der Waals surface area contributed by atoms with Gasteiger partial charge < -0.3 is 0 Å². The number of thiazole rings is 1. The highest BCUT2D eigenvalue weighted by atomic mass is 32.1. The van der Waals surface area contributed by atoms with Crippen LogP contribution < -0.4 is 11.1 Å². The van der Waals surface area contributed by atoms with Gasteiger partial charge in [0.05, 0.1) is 29.5 Å². The number of nitrogens with zero attached hydrogens (tertiary/aromatic N) is 4. The molecule has 7 heteroatoms. The second-order valence-corrected chi connectivity index (χ2v) is 5.69. The van der Waals surface area contributed by atoms with Crippen LogP contribution in [0.25, 0.3) is 16.0 Å². The minimum absolute atomic E-state index is 0.146. The van der Waals surface area contributed by atoms with Crippen molar-refractivity contribution < 1.29 is 0 Å². The van der Waals surface area contributed by atoms with E-state index in [0.29, 0.717) is 10.7 Å². The molecule has 0 aliphatic carbocycles. The molecule has 0 unspecified atom stereocenters. The van der Waals surface area contributed by atoms with Crippen LogP contribution in [0.15, 0.2) is 57.7 Å². The summed E-state index contributed by atoms with van der Waals surface area (Å²) in [6.45, 7) is 0.242. The molecule has 0 bridgehead atoms. The Morgan fingerprint density at radius 3 is 2.91 bits per heavy atom. The fraction of sp³-hybridized carbons (Fsp3) is 0.0667. The van der Waals surface area contributed by atoms with Crippen LogP contribution in [-0.2, 0) is 6.54 Å². The first kappa shape index (κ1) is 12.9. The Morgan fingerprint density at radius 2 is 2.00 bits per heavy atom. The van der Waals surface area contributed by atoms with E-state index in [0.717, 1.165) is 11.0 Å². The second-order valence-electron chi connectivity index (χ2n) is 4.81. The average Bonchev–Trinajstić information content (AvgIpc) is 2.99. The zero-order valence-electron chi connectivity index (χ0n) is 11.3. The standard InChI is InChI=1S/C15H10N4O2S/c20-13-7-10(17-15-18(13)5-6-22-15)9-19-12-4-2-1-3-11(12)16-8-14(19)21/h1-8H,9H2. The van der Waals surface area contributed by atoms with E-state index in [-0.39, 0.29) is 17.7 Å². The third-order valence-corrected chi connectivity index (χ3v) is 4.19. The normalized spacial score (nSPS) is 11.3. The van der Waals surface area contributed by atoms with Crippen molar-refractivity contribution in [1.29, 1.82) is 0 Å². The van der Waals surface area contributed by atoms with E-state index < -0.39 is 0 Å². The van der Waals surface area contributed by atoms with Crippen molar-refractivity contribution in [3.05, 3.63) is 74.5 Å². The third kappa shape index (κ3) is 2.03. The number of hydrogen-bond donors (Lipinski definition) is 0. The van der Waals surface area contributed by atoms with Gasteiger partial charge in [-0.25, -0.2) is 9.97 Å². The summed E-state index contributed by atoms with van der Waals surface area (Å²) in [5.41, 5.74) is 1.66. The average molecular weight is 310 g/mol. The van der Waals surface area contributed by atoms with E-state index in [1.165, 1.54) is 28.0 Å². The maximum Gasteiger partial charge on any atom is 0.269 e. The van der Waals surface area contributed by atoms with E-state index >= 15 is 0 Å². The van der Waals surface area contributed by atoms with E-state index in [2.05, 4.69) is 9.97 Å². The molecular formula is C15H10N4O2S. The number of aromatic nitrogens is 4. The second kappa shape index (κ2) is 4.88. The Hall–Kier alpha value is -2.80. The SMILES string of the molecule is O=c1cnc2ccccc2n1Cc1cc(=O)n2ccsc2n1. The number of benzene rings is 1. The van der Waals surface area contributed by atoms with Crippen LogP contribution >= 0.6 is 11.3 Å². The molecule has 0 aliphatic rings. The molecule has 108 valence electrons. The summed E-state index contributed by atoms with van der Waals surface area (Å²) in [6.07, 6.45) is 2.98. The zero-order chi connectivity index (χ0) is 15.1. The molecule has 0 saturated carbocycles. The molecule has 0 atom stereocenters. The molecule has 6 nitrogen and oxygen atoms in total. The van der Waals surface area contributed by atoms with Crippen LogP contribution in [0.3, 0.4) is 0 Å². The Bertz CT molecular complexity index is 1110. The first-order chi connectivity index (χ1) is 10.7. The molecule has 3 heterocycles. The van der Waals surface area contributed by atoms with Crippen molar-refractivity contribution in [3.8, 4) is 0 Å². The summed E-state index contributed by atoms with van der Waals surface area (Å²) in [6, 6.07) is 8.86. The summed E-state index contributed by atoms with van der Waals surface area (Å²) in [5, 5.41) is 1.81. The minimum Gasteiger partial charge on any atom is -0.299 e. The first-order valence-corrected chi connectivity index (χ1v) is 7.51. The fourth-order valence-corrected chi connectivity index (χ4v) is 3.15. The van der Waals surface area contributed by atoms with Crippen molar-refractivity contribution in [2.24, 2.45) is 0 Å². The lowest BCUT2D eigenvalue weighted by molar-refractivity contribution is 0.762. The monoisotopic (exact) mass is 310 g/mol. The predicted molar refractivity (Wildman–Crippen MR) is 84.4 cm³/mol. The zero-order valence-corrected chi connectivity index (χ0v) is 12.2. The Labute approximate surface area is 127 Å². The number of rotatable bonds is 2. The lowest BCUT2D eigenvalue weighted by Gasteiger charge is -2.08. The van der Waals surface area contributed by atoms with Gasteiger partial charge in [0.1, 0.15) is 0 Å². The summed E-state index contributed by atoms with van der Waals surface area (Å²) in [7, 11) is 0. The molecule has 0 spiro atoms. The maximum absolute atomic E-state index is 12.1. The van der Waals surface area contributed by atoms with Gasteiger partial charge in [-0.15, -0.1) is 11.3 Å². The summed E-state index contributed by atoms with van der Waals surface area (Å²) in [5.74, 6) is 0. The predicted octanol–water partition coefficient (Wildman–Crippen LogP) is 1.51. The van der Waals surface area contributed by atoms with Crippen molar-refractivity contribution in [2.45, 2.75) is 6.54 Å². The fourth-order valence-electron chi connectivity index (χ4n) is 2.41. The first-order valence-electron chi connectivity index (χ1n) is 6.63. The van der Waals surface area contributed by atoms with Crippen LogP contribution in [0.4, 0.5) is 0 Å². The molecule has 4 aromatic rings. The molecule has 0 aliphatic heterocycles.